The van der Waals surface area contributed by atoms with Crippen LogP contribution in [0.15, 0.2) is 54.7 Å². The van der Waals surface area contributed by atoms with Crippen LogP contribution in [-0.2, 0) is 107 Å². The normalized spacial score (nSPS) is 21.1. The molecule has 3 aromatic rings. The van der Waals surface area contributed by atoms with Crippen LogP contribution in [0.25, 0.3) is 10.9 Å². The first-order valence-corrected chi connectivity index (χ1v) is 36.8. The minimum atomic E-state index is -2.50. The fourth-order valence-corrected chi connectivity index (χ4v) is 11.7. The number of anilines is 1. The highest BCUT2D eigenvalue weighted by atomic mass is 16.5. The summed E-state index contributed by atoms with van der Waals surface area (Å²) in [5, 5.41) is 78.1. The molecule has 13 atom stereocenters. The zero-order chi connectivity index (χ0) is 86.6. The van der Waals surface area contributed by atoms with Gasteiger partial charge in [0, 0.05) is 54.0 Å². The Morgan fingerprint density at radius 3 is 1.66 bits per heavy atom. The average Bonchev–Trinajstić information content (AvgIpc) is 1.39. The number of carbonyl (C=O) groups excluding carboxylic acids is 17. The molecule has 0 saturated carbocycles. The van der Waals surface area contributed by atoms with Gasteiger partial charge in [0.1, 0.15) is 72.6 Å². The number of carbonyl (C=O) groups is 21. The summed E-state index contributed by atoms with van der Waals surface area (Å²) in [4.78, 5) is 288. The summed E-state index contributed by atoms with van der Waals surface area (Å²) in [6.07, 6.45) is -3.65. The van der Waals surface area contributed by atoms with Crippen molar-refractivity contribution in [3.05, 3.63) is 65.9 Å². The number of hydrogen-bond acceptors (Lipinski definition) is 24. The van der Waals surface area contributed by atoms with Crippen LogP contribution in [0.5, 0.6) is 0 Å². The molecule has 0 radical (unpaired) electrons. The topological polar surface area (TPSA) is 719 Å². The Labute approximate surface area is 661 Å². The molecule has 634 valence electrons. The molecular formula is C72H99N17O27. The molecule has 1 saturated heterocycles. The van der Waals surface area contributed by atoms with Crippen LogP contribution in [0, 0.1) is 5.92 Å². The molecule has 4 rings (SSSR count). The van der Waals surface area contributed by atoms with E-state index in [-0.39, 0.29) is 24.1 Å². The van der Waals surface area contributed by atoms with Gasteiger partial charge in [0.15, 0.2) is 5.78 Å². The highest BCUT2D eigenvalue weighted by molar-refractivity contribution is 6.05. The maximum Gasteiger partial charge on any atom is 0.329 e. The highest BCUT2D eigenvalue weighted by Gasteiger charge is 2.41. The van der Waals surface area contributed by atoms with E-state index >= 15 is 0 Å². The molecule has 44 nitrogen and oxygen atoms in total. The number of benzene rings is 2. The van der Waals surface area contributed by atoms with E-state index < -0.39 is 274 Å². The molecule has 1 aliphatic heterocycles. The van der Waals surface area contributed by atoms with Crippen molar-refractivity contribution in [3.8, 4) is 0 Å². The van der Waals surface area contributed by atoms with Crippen LogP contribution in [0.1, 0.15) is 146 Å². The number of Topliss-reactive ketones (excluding diaryl/α,β-unsaturated/α-hetero) is 1. The number of H-pyrrole nitrogens is 1. The number of para-hydroxylation sites is 2. The lowest BCUT2D eigenvalue weighted by atomic mass is 9.96. The molecule has 0 aliphatic carbocycles. The number of cyclic esters (lactones) is 1. The van der Waals surface area contributed by atoms with Crippen LogP contribution in [0.2, 0.25) is 0 Å². The van der Waals surface area contributed by atoms with Crippen molar-refractivity contribution in [2.45, 2.75) is 209 Å². The first-order chi connectivity index (χ1) is 54.7. The molecule has 25 N–H and O–H groups in total. The van der Waals surface area contributed by atoms with Gasteiger partial charge in [-0.15, -0.1) is 0 Å². The van der Waals surface area contributed by atoms with E-state index in [1.807, 2.05) is 31.9 Å². The molecule has 0 bridgehead atoms. The molecule has 1 aromatic heterocycles. The predicted molar refractivity (Wildman–Crippen MR) is 400 cm³/mol. The van der Waals surface area contributed by atoms with E-state index in [0.29, 0.717) is 29.3 Å². The lowest BCUT2D eigenvalue weighted by Gasteiger charge is -2.30. The van der Waals surface area contributed by atoms with E-state index in [1.165, 1.54) is 24.3 Å². The number of esters is 1. The number of carboxylic acids is 4. The van der Waals surface area contributed by atoms with Crippen LogP contribution < -0.4 is 86.3 Å². The molecule has 2 heterocycles. The lowest BCUT2D eigenvalue weighted by molar-refractivity contribution is -0.156. The predicted octanol–water partition coefficient (Wildman–Crippen LogP) is -6.10. The van der Waals surface area contributed by atoms with Gasteiger partial charge in [-0.2, -0.15) is 0 Å². The number of aliphatic carboxylic acids is 4. The number of carboxylic acid groups (broad SMARTS) is 4. The van der Waals surface area contributed by atoms with Crippen molar-refractivity contribution in [3.63, 3.8) is 0 Å². The number of primary amides is 2. The average molecular weight is 1630 g/mol. The summed E-state index contributed by atoms with van der Waals surface area (Å²) < 4.78 is 5.66. The molecular weight excluding hydrogens is 1530 g/mol. The fourth-order valence-electron chi connectivity index (χ4n) is 11.7. The molecule has 15 amide bonds. The monoisotopic (exact) mass is 1630 g/mol. The Morgan fingerprint density at radius 2 is 1.06 bits per heavy atom. The number of nitrogens with one attached hydrogen (secondary N) is 14. The number of ketones is 1. The van der Waals surface area contributed by atoms with Gasteiger partial charge in [0.05, 0.1) is 51.8 Å². The Hall–Kier alpha value is -13.2. The number of aliphatic hydroxyl groups excluding tert-OH is 1. The summed E-state index contributed by atoms with van der Waals surface area (Å²) in [6.45, 7) is 1.08. The first-order valence-electron chi connectivity index (χ1n) is 36.8. The van der Waals surface area contributed by atoms with Crippen molar-refractivity contribution in [2.24, 2.45) is 17.4 Å². The fraction of sp³-hybridized carbons (Fsp3) is 0.514. The zero-order valence-corrected chi connectivity index (χ0v) is 63.8. The van der Waals surface area contributed by atoms with Crippen molar-refractivity contribution in [1.29, 1.82) is 0 Å². The number of amides is 15. The molecule has 116 heavy (non-hydrogen) atoms. The Bertz CT molecular complexity index is 4130. The summed E-state index contributed by atoms with van der Waals surface area (Å²) >= 11 is 0. The third-order valence-electron chi connectivity index (χ3n) is 17.8. The second-order valence-corrected chi connectivity index (χ2v) is 27.3. The van der Waals surface area contributed by atoms with Crippen LogP contribution in [0.4, 0.5) is 5.69 Å². The van der Waals surface area contributed by atoms with Gasteiger partial charge >= 0.3 is 29.8 Å². The van der Waals surface area contributed by atoms with Crippen molar-refractivity contribution >= 4 is 141 Å². The summed E-state index contributed by atoms with van der Waals surface area (Å²) in [5.74, 6) is -31.6. The number of aromatic amines is 1. The van der Waals surface area contributed by atoms with E-state index in [0.717, 1.165) is 52.9 Å². The third-order valence-corrected chi connectivity index (χ3v) is 17.8. The summed E-state index contributed by atoms with van der Waals surface area (Å²) in [6, 6.07) is -11.2. The number of unbranched alkanes of at least 4 members (excludes halogenated alkanes) is 6. The first kappa shape index (κ1) is 95.2. The molecule has 44 heteroatoms. The van der Waals surface area contributed by atoms with Crippen molar-refractivity contribution in [2.75, 3.05) is 25.4 Å². The quantitative estimate of drug-likeness (QED) is 0.0113. The number of aromatic nitrogens is 1. The third kappa shape index (κ3) is 32.5. The van der Waals surface area contributed by atoms with Crippen LogP contribution in [0.3, 0.4) is 0 Å². The lowest BCUT2D eigenvalue weighted by Crippen LogP contribution is -2.62. The van der Waals surface area contributed by atoms with Crippen LogP contribution in [-0.4, -0.2) is 247 Å². The maximum absolute atomic E-state index is 14.8. The second-order valence-electron chi connectivity index (χ2n) is 27.3. The SMILES string of the molecule is CCCCCCCCCC(=O)N[C@@H](Cc1c[nH]c2ccccc12)C(=O)N[C@@H](CC(N)=O)C(=O)N[C@@H](CC(=O)O)C(=O)N[C@@H]1C(=O)NCC(=O)N[C@@H](CCC(N)=O)C(=O)N[C@@H](CC(=O)O)C(=O)N[C@H](C)C(=O)N[C@@H](CC(=O)O)C(=O)NCC(=O)N[C@H](CO)C(=O)N[C@@H]([C@@H](C)CC(=O)O)C(=O)N[C@@H](CC(=O)c2ccccc2N)C(=O)O[C@@H]1C. The summed E-state index contributed by atoms with van der Waals surface area (Å²) in [7, 11) is 0. The van der Waals surface area contributed by atoms with Gasteiger partial charge in [0.2, 0.25) is 88.6 Å². The van der Waals surface area contributed by atoms with Crippen molar-refractivity contribution in [1.82, 2.24) is 74.1 Å². The number of ether oxygens (including phenoxy) is 1. The number of nitrogens with two attached hydrogens (primary N) is 3. The smallest absolute Gasteiger partial charge is 0.329 e. The minimum Gasteiger partial charge on any atom is -0.481 e. The van der Waals surface area contributed by atoms with Gasteiger partial charge < -0.3 is 122 Å². The number of hydrogen-bond donors (Lipinski definition) is 22. The maximum atomic E-state index is 14.8. The number of rotatable bonds is 35. The van der Waals surface area contributed by atoms with Gasteiger partial charge in [-0.1, -0.05) is 82.7 Å². The molecule has 0 spiro atoms. The molecule has 1 fully saturated rings. The van der Waals surface area contributed by atoms with Gasteiger partial charge in [-0.3, -0.25) is 95.9 Å². The summed E-state index contributed by atoms with van der Waals surface area (Å²) in [5.41, 5.74) is 17.6. The number of aliphatic hydroxyl groups is 1. The number of fused-ring (bicyclic) bond motifs is 1. The van der Waals surface area contributed by atoms with E-state index in [9.17, 15) is 126 Å². The Balaban J connectivity index is 1.89. The molecule has 1 aliphatic rings. The standard InChI is InChI=1S/C72H99N17O27/c1-5-6-7-8-9-10-11-20-53(94)81-43(24-37-30-76-41-19-15-13-16-38(37)41)66(109)84-44(26-52(75)93)67(110)86-47(29-59(103)104)68(111)89-61-36(4)116-72(115)48(25-50(91)39-17-12-14-18-40(39)73)87-71(114)60(34(2)23-56(97)98)88-69(112)49(33-90)82-55(96)31-77-63(106)45(27-57(99)100)83-62(105)35(3)79-65(108)46(28-58(101)102)85-64(107)42(21-22-51(74)92)80-54(95)32-78-70(61)113/h12-19,30,34-36,42-49,60-61,76,90H,5-11,20-29,31-33,73H2,1-4H3,(H2,74,92)(H2,75,93)(H,77,106)(H,78,113)(H,79,108)(H,80,95)(H,81,94)(H,82,96)(H,83,105)(H,84,109)(H,85,107)(H,86,110)(H,87,114)(H,88,112)(H,89,111)(H,97,98)(H,99,100)(H,101,102)(H,103,104)/t34-,35+,36+,42-,43-,44-,45-,46-,47-,48-,49+,60-,61-/m0/s1. The van der Waals surface area contributed by atoms with E-state index in [2.05, 4.69) is 49.1 Å². The largest absolute Gasteiger partial charge is 0.481 e. The molecule has 2 aromatic carbocycles. The Morgan fingerprint density at radius 1 is 0.526 bits per heavy atom. The highest BCUT2D eigenvalue weighted by Crippen LogP contribution is 2.22. The van der Waals surface area contributed by atoms with E-state index in [4.69, 9.17) is 21.9 Å². The van der Waals surface area contributed by atoms with Gasteiger partial charge in [-0.05, 0) is 56.4 Å². The van der Waals surface area contributed by atoms with Crippen molar-refractivity contribution < 1.29 is 131 Å². The van der Waals surface area contributed by atoms with Gasteiger partial charge in [0.25, 0.3) is 0 Å². The zero-order valence-electron chi connectivity index (χ0n) is 63.8. The van der Waals surface area contributed by atoms with Crippen LogP contribution >= 0.6 is 0 Å². The Kier molecular flexibility index (Phi) is 38.9. The minimum absolute atomic E-state index is 0.0293. The second kappa shape index (κ2) is 47.4. The number of nitrogen functional groups attached to an aromatic ring is 1. The molecule has 0 unspecified atom stereocenters. The van der Waals surface area contributed by atoms with E-state index in [1.54, 1.807) is 30.5 Å². The van der Waals surface area contributed by atoms with Gasteiger partial charge in [-0.25, -0.2) is 4.79 Å².